The predicted octanol–water partition coefficient (Wildman–Crippen LogP) is 3.75. The van der Waals surface area contributed by atoms with Crippen molar-refractivity contribution in [2.75, 3.05) is 24.3 Å². The number of hydrogen-bond acceptors (Lipinski definition) is 7. The lowest BCUT2D eigenvalue weighted by Crippen LogP contribution is -2.42. The first-order valence-corrected chi connectivity index (χ1v) is 11.2. The molecule has 0 saturated carbocycles. The molecule has 1 heterocycles. The van der Waals surface area contributed by atoms with Gasteiger partial charge in [0.1, 0.15) is 5.25 Å². The largest absolute Gasteiger partial charge is 0.478 e. The van der Waals surface area contributed by atoms with Gasteiger partial charge in [0, 0.05) is 25.5 Å². The molecule has 176 valence electrons. The average molecular weight is 480 g/mol. The second kappa shape index (κ2) is 10.8. The molecule has 1 saturated heterocycles. The number of carbonyl (C=O) groups excluding carboxylic acids is 2. The van der Waals surface area contributed by atoms with E-state index in [0.717, 1.165) is 28.0 Å². The Kier molecular flexibility index (Phi) is 7.85. The number of carboxylic acids is 1. The minimum Gasteiger partial charge on any atom is -0.478 e. The molecule has 2 aromatic carbocycles. The smallest absolute Gasteiger partial charge is 0.335 e. The highest BCUT2D eigenvalue weighted by molar-refractivity contribution is 8.14. The van der Waals surface area contributed by atoms with E-state index in [1.54, 1.807) is 13.0 Å². The molecule has 34 heavy (non-hydrogen) atoms. The number of aromatic carboxylic acids is 1. The maximum atomic E-state index is 12.6. The number of thioether (sulfide) groups is 1. The van der Waals surface area contributed by atoms with E-state index in [-0.39, 0.29) is 17.2 Å². The van der Waals surface area contributed by atoms with Crippen LogP contribution in [0, 0.1) is 5.41 Å². The lowest BCUT2D eigenvalue weighted by molar-refractivity contribution is -0.129. The molecule has 0 aliphatic carbocycles. The molecule has 3 N–H and O–H groups in total. The Morgan fingerprint density at radius 1 is 1.18 bits per heavy atom. The molecule has 9 nitrogen and oxygen atoms in total. The number of carboxylic acid groups (broad SMARTS) is 1. The number of amides is 2. The van der Waals surface area contributed by atoms with Gasteiger partial charge in [0.2, 0.25) is 5.91 Å². The lowest BCUT2D eigenvalue weighted by atomic mass is 10.1. The molecule has 0 bridgehead atoms. The van der Waals surface area contributed by atoms with E-state index < -0.39 is 23.0 Å². The molecule has 2 aromatic rings. The Labute approximate surface area is 201 Å². The Morgan fingerprint density at radius 2 is 1.82 bits per heavy atom. The monoisotopic (exact) mass is 479 g/mol. The fraction of sp³-hybridized carbons (Fsp3) is 0.208. The normalized spacial score (nSPS) is 16.6. The summed E-state index contributed by atoms with van der Waals surface area (Å²) in [7, 11) is 3.94. The molecular weight excluding hydrogens is 454 g/mol. The van der Waals surface area contributed by atoms with Crippen molar-refractivity contribution in [3.63, 3.8) is 0 Å². The Hall–Kier alpha value is -3.92. The van der Waals surface area contributed by atoms with E-state index in [1.165, 1.54) is 24.3 Å². The zero-order valence-corrected chi connectivity index (χ0v) is 19.8. The van der Waals surface area contributed by atoms with Crippen molar-refractivity contribution in [1.29, 1.82) is 5.41 Å². The summed E-state index contributed by atoms with van der Waals surface area (Å²) in [6.45, 7) is 1.73. The van der Waals surface area contributed by atoms with Crippen LogP contribution in [0.3, 0.4) is 0 Å². The summed E-state index contributed by atoms with van der Waals surface area (Å²) >= 11 is 0.941. The molecule has 2 amide bonds. The van der Waals surface area contributed by atoms with E-state index in [4.69, 9.17) is 10.5 Å². The maximum absolute atomic E-state index is 12.6. The van der Waals surface area contributed by atoms with Gasteiger partial charge in [0.05, 0.1) is 17.7 Å². The first kappa shape index (κ1) is 24.7. The van der Waals surface area contributed by atoms with Gasteiger partial charge in [-0.2, -0.15) is 10.1 Å². The van der Waals surface area contributed by atoms with Crippen molar-refractivity contribution in [2.45, 2.75) is 18.6 Å². The van der Waals surface area contributed by atoms with Crippen LogP contribution < -0.4 is 10.2 Å². The van der Waals surface area contributed by atoms with Gasteiger partial charge in [-0.05, 0) is 55.0 Å². The topological polar surface area (TPSA) is 126 Å². The van der Waals surface area contributed by atoms with E-state index in [9.17, 15) is 14.4 Å². The van der Waals surface area contributed by atoms with Crippen LogP contribution in [0.4, 0.5) is 11.4 Å². The molecule has 0 aromatic heterocycles. The van der Waals surface area contributed by atoms with Crippen LogP contribution in [0.25, 0.3) is 6.08 Å². The summed E-state index contributed by atoms with van der Waals surface area (Å²) in [5.74, 6) is -1.95. The SMILES string of the molecule is CC(/C=C/c1ccc(N(C)C)cc1)=N\N1C(=N)S[C@H](C(=O)Nc2ccc(C(=O)O)cc2)CC1=O. The van der Waals surface area contributed by atoms with Crippen LogP contribution >= 0.6 is 11.8 Å². The highest BCUT2D eigenvalue weighted by Gasteiger charge is 2.35. The van der Waals surface area contributed by atoms with Crippen LogP contribution in [0.5, 0.6) is 0 Å². The van der Waals surface area contributed by atoms with Gasteiger partial charge in [-0.15, -0.1) is 0 Å². The van der Waals surface area contributed by atoms with Gasteiger partial charge in [0.15, 0.2) is 5.17 Å². The van der Waals surface area contributed by atoms with Gasteiger partial charge in [0.25, 0.3) is 5.91 Å². The molecular formula is C24H25N5O4S. The number of rotatable bonds is 7. The fourth-order valence-corrected chi connectivity index (χ4v) is 3.95. The molecule has 0 radical (unpaired) electrons. The Balaban J connectivity index is 1.60. The summed E-state index contributed by atoms with van der Waals surface area (Å²) in [5, 5.41) is 24.1. The number of nitrogens with zero attached hydrogens (tertiary/aromatic N) is 3. The van der Waals surface area contributed by atoms with Gasteiger partial charge >= 0.3 is 5.97 Å². The number of nitrogens with one attached hydrogen (secondary N) is 2. The highest BCUT2D eigenvalue weighted by atomic mass is 32.2. The zero-order valence-electron chi connectivity index (χ0n) is 19.0. The van der Waals surface area contributed by atoms with E-state index >= 15 is 0 Å². The third kappa shape index (κ3) is 6.32. The first-order valence-electron chi connectivity index (χ1n) is 10.4. The number of hydrogen-bond donors (Lipinski definition) is 3. The predicted molar refractivity (Wildman–Crippen MR) is 136 cm³/mol. The van der Waals surface area contributed by atoms with E-state index in [2.05, 4.69) is 10.4 Å². The average Bonchev–Trinajstić information content (AvgIpc) is 2.80. The molecule has 1 atom stereocenters. The number of hydrazone groups is 1. The molecule has 1 fully saturated rings. The van der Waals surface area contributed by atoms with E-state index in [1.807, 2.05) is 49.3 Å². The molecule has 0 unspecified atom stereocenters. The van der Waals surface area contributed by atoms with Crippen molar-refractivity contribution < 1.29 is 19.5 Å². The quantitative estimate of drug-likeness (QED) is 0.519. The highest BCUT2D eigenvalue weighted by Crippen LogP contribution is 2.27. The van der Waals surface area contributed by atoms with Crippen molar-refractivity contribution in [3.05, 3.63) is 65.7 Å². The number of anilines is 2. The second-order valence-corrected chi connectivity index (χ2v) is 8.95. The molecule has 3 rings (SSSR count). The van der Waals surface area contributed by atoms with Gasteiger partial charge < -0.3 is 15.3 Å². The summed E-state index contributed by atoms with van der Waals surface area (Å²) in [4.78, 5) is 38.1. The number of benzene rings is 2. The Bertz CT molecular complexity index is 1140. The number of amidine groups is 1. The van der Waals surface area contributed by atoms with Crippen LogP contribution in [0.1, 0.15) is 29.3 Å². The van der Waals surface area contributed by atoms with Crippen LogP contribution in [-0.2, 0) is 9.59 Å². The summed E-state index contributed by atoms with van der Waals surface area (Å²) in [6, 6.07) is 13.6. The molecule has 1 aliphatic rings. The van der Waals surface area contributed by atoms with Crippen LogP contribution in [0.15, 0.2) is 59.7 Å². The molecule has 0 spiro atoms. The van der Waals surface area contributed by atoms with Crippen molar-refractivity contribution >= 4 is 57.9 Å². The van der Waals surface area contributed by atoms with Gasteiger partial charge in [-0.25, -0.2) is 4.79 Å². The Morgan fingerprint density at radius 3 is 2.38 bits per heavy atom. The van der Waals surface area contributed by atoms with Gasteiger partial charge in [-0.1, -0.05) is 30.0 Å². The summed E-state index contributed by atoms with van der Waals surface area (Å²) in [6.07, 6.45) is 3.52. The second-order valence-electron chi connectivity index (χ2n) is 7.75. The first-order chi connectivity index (χ1) is 16.1. The third-order valence-electron chi connectivity index (χ3n) is 4.92. The minimum atomic E-state index is -1.06. The molecule has 1 aliphatic heterocycles. The summed E-state index contributed by atoms with van der Waals surface area (Å²) in [5.41, 5.74) is 3.11. The van der Waals surface area contributed by atoms with Crippen LogP contribution in [0.2, 0.25) is 0 Å². The van der Waals surface area contributed by atoms with Crippen molar-refractivity contribution in [2.24, 2.45) is 5.10 Å². The number of carbonyl (C=O) groups is 3. The van der Waals surface area contributed by atoms with Crippen LogP contribution in [-0.4, -0.2) is 58.1 Å². The zero-order chi connectivity index (χ0) is 24.8. The molecule has 10 heteroatoms. The van der Waals surface area contributed by atoms with Crippen molar-refractivity contribution in [1.82, 2.24) is 5.01 Å². The standard InChI is InChI=1S/C24H25N5O4S/c1-15(4-5-16-6-12-19(13-7-16)28(2)3)27-29-21(30)14-20(34-24(29)25)22(31)26-18-10-8-17(9-11-18)23(32)33/h4-13,20,25H,14H2,1-3H3,(H,26,31)(H,32,33)/b5-4+,25-24?,27-15+/t20-/m0/s1. The van der Waals surface area contributed by atoms with Crippen molar-refractivity contribution in [3.8, 4) is 0 Å². The van der Waals surface area contributed by atoms with E-state index in [0.29, 0.717) is 11.4 Å². The maximum Gasteiger partial charge on any atom is 0.335 e. The summed E-state index contributed by atoms with van der Waals surface area (Å²) < 4.78 is 0. The number of allylic oxidation sites excluding steroid dienone is 1. The third-order valence-corrected chi connectivity index (χ3v) is 5.98. The minimum absolute atomic E-state index is 0.102. The fourth-order valence-electron chi connectivity index (χ4n) is 3.04. The lowest BCUT2D eigenvalue weighted by Gasteiger charge is -2.27. The van der Waals surface area contributed by atoms with Gasteiger partial charge in [-0.3, -0.25) is 15.0 Å².